The Balaban J connectivity index is 3.42. The van der Waals surface area contributed by atoms with Gasteiger partial charge in [0.1, 0.15) is 9.77 Å². The van der Waals surface area contributed by atoms with Gasteiger partial charge in [0.25, 0.3) is 0 Å². The van der Waals surface area contributed by atoms with Crippen LogP contribution in [0.3, 0.4) is 0 Å². The summed E-state index contributed by atoms with van der Waals surface area (Å²) in [4.78, 5) is 10.2. The van der Waals surface area contributed by atoms with Gasteiger partial charge >= 0.3 is 16.2 Å². The second kappa shape index (κ2) is 3.66. The number of aryl methyl sites for hydroxylation is 1. The van der Waals surface area contributed by atoms with Gasteiger partial charge in [-0.3, -0.25) is 0 Å². The molecule has 0 spiro atoms. The first-order valence-electron chi connectivity index (χ1n) is 3.49. The largest absolute Gasteiger partial charge is 0.465 e. The summed E-state index contributed by atoms with van der Waals surface area (Å²) in [6, 6.07) is 0. The smallest absolute Gasteiger partial charge is 0.349 e. The van der Waals surface area contributed by atoms with Gasteiger partial charge in [-0.1, -0.05) is 0 Å². The van der Waals surface area contributed by atoms with E-state index in [-0.39, 0.29) is 10.4 Å². The number of ether oxygens (including phenoxy) is 1. The van der Waals surface area contributed by atoms with Gasteiger partial charge in [0.15, 0.2) is 0 Å². The highest BCUT2D eigenvalue weighted by molar-refractivity contribution is 7.86. The quantitative estimate of drug-likeness (QED) is 0.578. The Kier molecular flexibility index (Phi) is 2.91. The van der Waals surface area contributed by atoms with Crippen LogP contribution in [-0.2, 0) is 15.0 Å². The van der Waals surface area contributed by atoms with Gasteiger partial charge in [0.05, 0.1) is 7.11 Å². The minimum atomic E-state index is -4.87. The molecular formula is C7H7FO4S2. The molecule has 0 saturated heterocycles. The topological polar surface area (TPSA) is 60.4 Å². The van der Waals surface area contributed by atoms with Crippen molar-refractivity contribution >= 4 is 27.5 Å². The van der Waals surface area contributed by atoms with Crippen LogP contribution in [0.15, 0.2) is 10.3 Å². The molecule has 0 aliphatic heterocycles. The average molecular weight is 238 g/mol. The third kappa shape index (κ3) is 1.93. The van der Waals surface area contributed by atoms with Crippen LogP contribution in [0.25, 0.3) is 0 Å². The molecule has 1 aromatic rings. The highest BCUT2D eigenvalue weighted by atomic mass is 32.3. The van der Waals surface area contributed by atoms with Crippen molar-refractivity contribution in [2.24, 2.45) is 0 Å². The zero-order chi connectivity index (χ0) is 10.9. The maximum Gasteiger partial charge on any atom is 0.349 e. The Morgan fingerprint density at radius 2 is 2.14 bits per heavy atom. The summed E-state index contributed by atoms with van der Waals surface area (Å²) in [6.07, 6.45) is 0. The number of methoxy groups -OCH3 is 1. The second-order valence-electron chi connectivity index (χ2n) is 2.51. The molecule has 0 saturated carbocycles. The SMILES string of the molecule is COC(=O)c1scc(C)c1S(=O)(=O)F. The molecule has 0 unspecified atom stereocenters. The van der Waals surface area contributed by atoms with Gasteiger partial charge in [-0.05, 0) is 17.9 Å². The normalized spacial score (nSPS) is 11.4. The Morgan fingerprint density at radius 1 is 1.57 bits per heavy atom. The van der Waals surface area contributed by atoms with Crippen molar-refractivity contribution in [1.82, 2.24) is 0 Å². The molecule has 0 atom stereocenters. The summed E-state index contributed by atoms with van der Waals surface area (Å²) in [6.45, 7) is 1.41. The molecule has 1 rings (SSSR count). The second-order valence-corrected chi connectivity index (χ2v) is 4.67. The lowest BCUT2D eigenvalue weighted by molar-refractivity contribution is 0.0602. The van der Waals surface area contributed by atoms with Crippen LogP contribution in [-0.4, -0.2) is 21.5 Å². The van der Waals surface area contributed by atoms with Crippen molar-refractivity contribution in [2.45, 2.75) is 11.8 Å². The first-order valence-corrected chi connectivity index (χ1v) is 5.75. The van der Waals surface area contributed by atoms with Gasteiger partial charge in [-0.15, -0.1) is 15.2 Å². The fourth-order valence-electron chi connectivity index (χ4n) is 0.970. The minimum absolute atomic E-state index is 0.206. The molecule has 0 aliphatic carbocycles. The summed E-state index contributed by atoms with van der Waals surface area (Å²) in [5, 5.41) is 1.39. The van der Waals surface area contributed by atoms with Gasteiger partial charge in [-0.2, -0.15) is 8.42 Å². The van der Waals surface area contributed by atoms with Crippen molar-refractivity contribution in [3.05, 3.63) is 15.8 Å². The average Bonchev–Trinajstić information content (AvgIpc) is 2.44. The monoisotopic (exact) mass is 238 g/mol. The summed E-state index contributed by atoms with van der Waals surface area (Å²) in [5.41, 5.74) is 0.206. The van der Waals surface area contributed by atoms with Crippen LogP contribution in [0.4, 0.5) is 3.89 Å². The fourth-order valence-corrected chi connectivity index (χ4v) is 3.10. The van der Waals surface area contributed by atoms with E-state index in [2.05, 4.69) is 4.74 Å². The summed E-state index contributed by atoms with van der Waals surface area (Å²) < 4.78 is 38.4. The lowest BCUT2D eigenvalue weighted by Crippen LogP contribution is -2.05. The third-order valence-electron chi connectivity index (χ3n) is 1.53. The van der Waals surface area contributed by atoms with Crippen LogP contribution in [0, 0.1) is 6.92 Å². The Labute approximate surface area is 84.5 Å². The Morgan fingerprint density at radius 3 is 2.57 bits per heavy atom. The molecule has 1 aromatic heterocycles. The highest BCUT2D eigenvalue weighted by Crippen LogP contribution is 2.28. The van der Waals surface area contributed by atoms with E-state index in [1.54, 1.807) is 0 Å². The van der Waals surface area contributed by atoms with E-state index < -0.39 is 21.1 Å². The molecule has 0 amide bonds. The number of halogens is 1. The van der Waals surface area contributed by atoms with Gasteiger partial charge < -0.3 is 4.74 Å². The first-order chi connectivity index (χ1) is 6.38. The number of hydrogen-bond acceptors (Lipinski definition) is 5. The van der Waals surface area contributed by atoms with Crippen LogP contribution < -0.4 is 0 Å². The van der Waals surface area contributed by atoms with Gasteiger partial charge in [0.2, 0.25) is 0 Å². The van der Waals surface area contributed by atoms with Crippen molar-refractivity contribution < 1.29 is 21.8 Å². The van der Waals surface area contributed by atoms with E-state index >= 15 is 0 Å². The number of thiophene rings is 1. The van der Waals surface area contributed by atoms with Crippen LogP contribution in [0.5, 0.6) is 0 Å². The van der Waals surface area contributed by atoms with Gasteiger partial charge in [-0.25, -0.2) is 4.79 Å². The molecule has 14 heavy (non-hydrogen) atoms. The minimum Gasteiger partial charge on any atom is -0.465 e. The summed E-state index contributed by atoms with van der Waals surface area (Å²) in [7, 11) is -3.76. The van der Waals surface area contributed by atoms with E-state index in [0.717, 1.165) is 18.4 Å². The molecule has 0 radical (unpaired) electrons. The van der Waals surface area contributed by atoms with E-state index in [0.29, 0.717) is 0 Å². The Bertz CT molecular complexity index is 460. The molecule has 0 fully saturated rings. The van der Waals surface area contributed by atoms with Crippen LogP contribution in [0.2, 0.25) is 0 Å². The number of rotatable bonds is 2. The number of hydrogen-bond donors (Lipinski definition) is 0. The molecule has 0 aromatic carbocycles. The van der Waals surface area contributed by atoms with E-state index in [4.69, 9.17) is 0 Å². The predicted octanol–water partition coefficient (Wildman–Crippen LogP) is 1.50. The summed E-state index contributed by atoms with van der Waals surface area (Å²) in [5.74, 6) is -0.848. The molecule has 78 valence electrons. The van der Waals surface area contributed by atoms with Gasteiger partial charge in [0, 0.05) is 0 Å². The molecule has 4 nitrogen and oxygen atoms in total. The first kappa shape index (κ1) is 11.1. The lowest BCUT2D eigenvalue weighted by atomic mass is 10.3. The van der Waals surface area contributed by atoms with E-state index in [1.165, 1.54) is 12.3 Å². The van der Waals surface area contributed by atoms with Crippen molar-refractivity contribution in [2.75, 3.05) is 7.11 Å². The third-order valence-corrected chi connectivity index (χ3v) is 3.75. The highest BCUT2D eigenvalue weighted by Gasteiger charge is 2.26. The van der Waals surface area contributed by atoms with Crippen LogP contribution in [0.1, 0.15) is 15.2 Å². The maximum atomic E-state index is 12.7. The lowest BCUT2D eigenvalue weighted by Gasteiger charge is -1.98. The van der Waals surface area contributed by atoms with Crippen molar-refractivity contribution in [3.8, 4) is 0 Å². The zero-order valence-corrected chi connectivity index (χ0v) is 9.04. The standard InChI is InChI=1S/C7H7FO4S2/c1-4-3-13-5(7(9)12-2)6(4)14(8,10)11/h3H,1-2H3. The summed E-state index contributed by atoms with van der Waals surface area (Å²) >= 11 is 0.842. The molecule has 0 N–H and O–H groups in total. The van der Waals surface area contributed by atoms with E-state index in [1.807, 2.05) is 0 Å². The maximum absolute atomic E-state index is 12.7. The molecule has 0 aliphatic rings. The molecular weight excluding hydrogens is 231 g/mol. The zero-order valence-electron chi connectivity index (χ0n) is 7.40. The number of esters is 1. The number of carbonyl (C=O) groups excluding carboxylic acids is 1. The van der Waals surface area contributed by atoms with Crippen LogP contribution >= 0.6 is 11.3 Å². The van der Waals surface area contributed by atoms with E-state index in [9.17, 15) is 17.1 Å². The molecule has 7 heteroatoms. The Hall–Kier alpha value is -0.950. The predicted molar refractivity (Wildman–Crippen MR) is 48.7 cm³/mol. The molecule has 0 bridgehead atoms. The number of carbonyl (C=O) groups is 1. The van der Waals surface area contributed by atoms with Crippen molar-refractivity contribution in [3.63, 3.8) is 0 Å². The van der Waals surface area contributed by atoms with Crippen molar-refractivity contribution in [1.29, 1.82) is 0 Å². The molecule has 1 heterocycles. The fraction of sp³-hybridized carbons (Fsp3) is 0.286.